The highest BCUT2D eigenvalue weighted by Gasteiger charge is 2.24. The average Bonchev–Trinajstić information content (AvgIpc) is 3.26. The molecule has 0 aromatic carbocycles. The molecule has 0 radical (unpaired) electrons. The van der Waals surface area contributed by atoms with E-state index in [1.807, 2.05) is 0 Å². The molecule has 0 aliphatic heterocycles. The number of rotatable bonds is 46. The number of hydrogen-bond acceptors (Lipinski definition) is 5. The maximum absolute atomic E-state index is 13.2. The first-order valence-corrected chi connectivity index (χ1v) is 26.2. The van der Waals surface area contributed by atoms with E-state index in [0.29, 0.717) is 19.3 Å². The molecule has 0 aromatic heterocycles. The van der Waals surface area contributed by atoms with Gasteiger partial charge in [0.05, 0.1) is 25.2 Å². The highest BCUT2D eigenvalue weighted by Crippen LogP contribution is 2.17. The molecule has 0 saturated heterocycles. The van der Waals surface area contributed by atoms with Gasteiger partial charge in [0.1, 0.15) is 6.10 Å². The van der Waals surface area contributed by atoms with Gasteiger partial charge in [-0.25, -0.2) is 0 Å². The number of aliphatic hydroxyl groups excluding tert-OH is 2. The van der Waals surface area contributed by atoms with Crippen molar-refractivity contribution in [3.63, 3.8) is 0 Å². The summed E-state index contributed by atoms with van der Waals surface area (Å²) >= 11 is 0. The number of carbonyl (C=O) groups is 2. The molecule has 0 spiro atoms. The van der Waals surface area contributed by atoms with E-state index in [1.165, 1.54) is 109 Å². The van der Waals surface area contributed by atoms with Crippen LogP contribution >= 0.6 is 0 Å². The maximum atomic E-state index is 13.2. The molecule has 1 amide bonds. The molecule has 3 unspecified atom stereocenters. The monoisotopic (exact) mass is 866 g/mol. The molecule has 358 valence electrons. The van der Waals surface area contributed by atoms with Gasteiger partial charge in [-0.15, -0.1) is 0 Å². The van der Waals surface area contributed by atoms with Crippen LogP contribution < -0.4 is 5.32 Å². The van der Waals surface area contributed by atoms with Crippen LogP contribution in [-0.4, -0.2) is 46.9 Å². The zero-order chi connectivity index (χ0) is 45.2. The number of hydrogen-bond donors (Lipinski definition) is 3. The third kappa shape index (κ3) is 43.9. The first-order valence-electron chi connectivity index (χ1n) is 26.2. The Labute approximate surface area is 383 Å². The van der Waals surface area contributed by atoms with E-state index in [0.717, 1.165) is 89.9 Å². The van der Waals surface area contributed by atoms with Crippen LogP contribution in [0.4, 0.5) is 0 Å². The fourth-order valence-corrected chi connectivity index (χ4v) is 7.61. The van der Waals surface area contributed by atoms with Gasteiger partial charge < -0.3 is 20.3 Å². The third-order valence-corrected chi connectivity index (χ3v) is 11.6. The van der Waals surface area contributed by atoms with Crippen LogP contribution in [0.15, 0.2) is 72.9 Å². The number of allylic oxidation sites excluding steroid dienone is 12. The van der Waals surface area contributed by atoms with Gasteiger partial charge in [-0.1, -0.05) is 229 Å². The normalized spacial score (nSPS) is 13.8. The summed E-state index contributed by atoms with van der Waals surface area (Å²) < 4.78 is 5.91. The predicted molar refractivity (Wildman–Crippen MR) is 268 cm³/mol. The van der Waals surface area contributed by atoms with E-state index in [1.54, 1.807) is 0 Å². The topological polar surface area (TPSA) is 95.9 Å². The molecule has 0 aromatic rings. The van der Waals surface area contributed by atoms with E-state index < -0.39 is 18.2 Å². The molecule has 3 atom stereocenters. The number of nitrogens with one attached hydrogen (secondary N) is 1. The first-order chi connectivity index (χ1) is 30.5. The van der Waals surface area contributed by atoms with Crippen molar-refractivity contribution in [3.8, 4) is 0 Å². The fraction of sp³-hybridized carbons (Fsp3) is 0.750. The molecule has 0 fully saturated rings. The molecule has 3 N–H and O–H groups in total. The Morgan fingerprint density at radius 3 is 1.24 bits per heavy atom. The lowest BCUT2D eigenvalue weighted by Gasteiger charge is -2.24. The summed E-state index contributed by atoms with van der Waals surface area (Å²) in [6.07, 6.45) is 62.5. The molecule has 0 bridgehead atoms. The summed E-state index contributed by atoms with van der Waals surface area (Å²) in [6, 6.07) is -0.719. The lowest BCUT2D eigenvalue weighted by atomic mass is 10.0. The largest absolute Gasteiger partial charge is 0.462 e. The van der Waals surface area contributed by atoms with Gasteiger partial charge in [0.2, 0.25) is 5.91 Å². The third-order valence-electron chi connectivity index (χ3n) is 11.6. The van der Waals surface area contributed by atoms with Crippen molar-refractivity contribution in [1.29, 1.82) is 0 Å². The molecule has 0 saturated carbocycles. The first kappa shape index (κ1) is 59.3. The van der Waals surface area contributed by atoms with Gasteiger partial charge in [0.25, 0.3) is 0 Å². The SMILES string of the molecule is CCCCCCC/C=C/C=C/C=C/CCCCCCCC(=O)OC(CCCCC/C=C/C=C/C=C/CCCCCCC)CC(=O)NC(CO)C(O)CCCCCCCCCCC. The van der Waals surface area contributed by atoms with Gasteiger partial charge in [-0.2, -0.15) is 0 Å². The van der Waals surface area contributed by atoms with Crippen molar-refractivity contribution in [3.05, 3.63) is 72.9 Å². The van der Waals surface area contributed by atoms with Crippen molar-refractivity contribution in [2.75, 3.05) is 6.61 Å². The summed E-state index contributed by atoms with van der Waals surface area (Å²) in [5.74, 6) is -0.533. The van der Waals surface area contributed by atoms with Crippen molar-refractivity contribution < 1.29 is 24.5 Å². The summed E-state index contributed by atoms with van der Waals surface area (Å²) in [5, 5.41) is 23.7. The fourth-order valence-electron chi connectivity index (χ4n) is 7.61. The molecule has 62 heavy (non-hydrogen) atoms. The van der Waals surface area contributed by atoms with Crippen LogP contribution in [0.5, 0.6) is 0 Å². The summed E-state index contributed by atoms with van der Waals surface area (Å²) in [4.78, 5) is 26.1. The van der Waals surface area contributed by atoms with Gasteiger partial charge in [0, 0.05) is 6.42 Å². The molecular formula is C56H99NO5. The minimum atomic E-state index is -0.802. The van der Waals surface area contributed by atoms with Crippen LogP contribution in [-0.2, 0) is 14.3 Å². The Bertz CT molecular complexity index is 1150. The zero-order valence-electron chi connectivity index (χ0n) is 40.7. The van der Waals surface area contributed by atoms with Crippen molar-refractivity contribution in [2.45, 2.75) is 264 Å². The van der Waals surface area contributed by atoms with E-state index in [4.69, 9.17) is 4.74 Å². The molecule has 0 heterocycles. The lowest BCUT2D eigenvalue weighted by molar-refractivity contribution is -0.151. The van der Waals surface area contributed by atoms with Crippen LogP contribution in [0.1, 0.15) is 245 Å². The average molecular weight is 866 g/mol. The smallest absolute Gasteiger partial charge is 0.306 e. The molecule has 0 aliphatic carbocycles. The Balaban J connectivity index is 4.69. The van der Waals surface area contributed by atoms with Crippen LogP contribution in [0.25, 0.3) is 0 Å². The quantitative estimate of drug-likeness (QED) is 0.0322. The van der Waals surface area contributed by atoms with Gasteiger partial charge in [-0.3, -0.25) is 9.59 Å². The maximum Gasteiger partial charge on any atom is 0.306 e. The minimum absolute atomic E-state index is 0.0437. The number of unbranched alkanes of at least 4 members (excludes halogenated alkanes) is 26. The van der Waals surface area contributed by atoms with Crippen LogP contribution in [0.3, 0.4) is 0 Å². The summed E-state index contributed by atoms with van der Waals surface area (Å²) in [6.45, 7) is 6.42. The van der Waals surface area contributed by atoms with Gasteiger partial charge in [0.15, 0.2) is 0 Å². The van der Waals surface area contributed by atoms with Crippen LogP contribution in [0.2, 0.25) is 0 Å². The predicted octanol–water partition coefficient (Wildman–Crippen LogP) is 15.8. The number of carbonyl (C=O) groups excluding carboxylic acids is 2. The summed E-state index contributed by atoms with van der Waals surface area (Å²) in [5.41, 5.74) is 0. The highest BCUT2D eigenvalue weighted by molar-refractivity contribution is 5.77. The second kappa shape index (κ2) is 49.3. The molecular weight excluding hydrogens is 767 g/mol. The van der Waals surface area contributed by atoms with Crippen LogP contribution in [0, 0.1) is 0 Å². The highest BCUT2D eigenvalue weighted by atomic mass is 16.5. The Morgan fingerprint density at radius 2 is 0.823 bits per heavy atom. The Kier molecular flexibility index (Phi) is 47.2. The number of esters is 1. The lowest BCUT2D eigenvalue weighted by Crippen LogP contribution is -2.46. The summed E-state index contributed by atoms with van der Waals surface area (Å²) in [7, 11) is 0. The minimum Gasteiger partial charge on any atom is -0.462 e. The van der Waals surface area contributed by atoms with Crippen molar-refractivity contribution in [1.82, 2.24) is 5.32 Å². The Hall–Kier alpha value is -2.70. The standard InChI is InChI=1S/C56H99NO5/c1-4-7-10-13-16-19-21-23-25-27-28-30-32-34-37-40-43-46-49-56(61)62-52(47-44-41-38-36-33-31-29-26-24-22-20-17-14-11-8-5-2)50-55(60)57-53(51-58)54(59)48-45-42-39-35-18-15-12-9-6-3/h21-31,33,52-54,58-59H,4-20,32,34-51H2,1-3H3,(H,57,60)/b23-21+,24-22+,27-25+,29-26+,30-28+,33-31+. The molecule has 0 aliphatic rings. The molecule has 6 heteroatoms. The number of ether oxygens (including phenoxy) is 1. The second-order valence-corrected chi connectivity index (χ2v) is 17.7. The molecule has 0 rings (SSSR count). The zero-order valence-corrected chi connectivity index (χ0v) is 40.7. The second-order valence-electron chi connectivity index (χ2n) is 17.7. The van der Waals surface area contributed by atoms with Gasteiger partial charge >= 0.3 is 5.97 Å². The van der Waals surface area contributed by atoms with E-state index in [-0.39, 0.29) is 24.9 Å². The Morgan fingerprint density at radius 1 is 0.468 bits per heavy atom. The van der Waals surface area contributed by atoms with Crippen molar-refractivity contribution >= 4 is 11.9 Å². The van der Waals surface area contributed by atoms with Crippen molar-refractivity contribution in [2.24, 2.45) is 0 Å². The van der Waals surface area contributed by atoms with E-state index >= 15 is 0 Å². The number of aliphatic hydroxyl groups is 2. The van der Waals surface area contributed by atoms with E-state index in [9.17, 15) is 19.8 Å². The number of amides is 1. The van der Waals surface area contributed by atoms with E-state index in [2.05, 4.69) is 99.0 Å². The molecule has 6 nitrogen and oxygen atoms in total. The van der Waals surface area contributed by atoms with Gasteiger partial charge in [-0.05, 0) is 77.0 Å².